The van der Waals surface area contributed by atoms with Gasteiger partial charge < -0.3 is 9.88 Å². The minimum atomic E-state index is -0.0286. The van der Waals surface area contributed by atoms with Crippen LogP contribution in [0, 0.1) is 6.92 Å². The van der Waals surface area contributed by atoms with E-state index in [4.69, 9.17) is 0 Å². The minimum Gasteiger partial charge on any atom is -0.311 e. The number of benzene rings is 1. The van der Waals surface area contributed by atoms with E-state index in [-0.39, 0.29) is 5.56 Å². The van der Waals surface area contributed by atoms with E-state index in [0.717, 1.165) is 11.3 Å². The molecule has 0 radical (unpaired) electrons. The summed E-state index contributed by atoms with van der Waals surface area (Å²) in [6.07, 6.45) is 9.07. The maximum Gasteiger partial charge on any atom is 0.276 e. The van der Waals surface area contributed by atoms with Gasteiger partial charge in [0.05, 0.1) is 18.1 Å². The quantitative estimate of drug-likeness (QED) is 0.539. The molecule has 0 aliphatic carbocycles. The molecule has 0 aliphatic heterocycles. The summed E-state index contributed by atoms with van der Waals surface area (Å²) in [5.41, 5.74) is 3.92. The second-order valence-electron chi connectivity index (χ2n) is 6.27. The molecule has 4 aromatic rings. The largest absolute Gasteiger partial charge is 0.311 e. The molecule has 7 heteroatoms. The second kappa shape index (κ2) is 6.97. The molecule has 1 N–H and O–H groups in total. The van der Waals surface area contributed by atoms with Crippen molar-refractivity contribution in [1.29, 1.82) is 0 Å². The summed E-state index contributed by atoms with van der Waals surface area (Å²) < 4.78 is 5.16. The second-order valence-corrected chi connectivity index (χ2v) is 6.27. The Balaban J connectivity index is 1.35. The molecule has 0 amide bonds. The predicted molar refractivity (Wildman–Crippen MR) is 99.5 cm³/mol. The smallest absolute Gasteiger partial charge is 0.276 e. The summed E-state index contributed by atoms with van der Waals surface area (Å²) in [5.74, 6) is 0. The lowest BCUT2D eigenvalue weighted by atomic mass is 10.2. The number of hydrogen-bond donors (Lipinski definition) is 1. The van der Waals surface area contributed by atoms with Crippen molar-refractivity contribution in [2.24, 2.45) is 0 Å². The Morgan fingerprint density at radius 3 is 2.96 bits per heavy atom. The SMILES string of the molecule is Cc1cccc(-n2cc(CNCCn3ccn4nccc4c3=O)cn2)c1. The molecule has 3 aromatic heterocycles. The topological polar surface area (TPSA) is 69.2 Å². The molecule has 3 heterocycles. The fraction of sp³-hybridized carbons (Fsp3) is 0.211. The van der Waals surface area contributed by atoms with Gasteiger partial charge in [0.25, 0.3) is 5.56 Å². The van der Waals surface area contributed by atoms with Gasteiger partial charge in [-0.25, -0.2) is 9.20 Å². The van der Waals surface area contributed by atoms with Crippen LogP contribution in [-0.2, 0) is 13.1 Å². The molecule has 4 rings (SSSR count). The lowest BCUT2D eigenvalue weighted by Gasteiger charge is -2.07. The third-order valence-corrected chi connectivity index (χ3v) is 4.30. The maximum atomic E-state index is 12.3. The number of nitrogens with one attached hydrogen (secondary N) is 1. The summed E-state index contributed by atoms with van der Waals surface area (Å²) in [6, 6.07) is 9.96. The molecule has 132 valence electrons. The first-order chi connectivity index (χ1) is 12.7. The van der Waals surface area contributed by atoms with Gasteiger partial charge >= 0.3 is 0 Å². The lowest BCUT2D eigenvalue weighted by molar-refractivity contribution is 0.583. The van der Waals surface area contributed by atoms with Crippen molar-refractivity contribution in [1.82, 2.24) is 29.3 Å². The number of fused-ring (bicyclic) bond motifs is 1. The van der Waals surface area contributed by atoms with E-state index in [1.165, 1.54) is 5.56 Å². The lowest BCUT2D eigenvalue weighted by Crippen LogP contribution is -2.27. The van der Waals surface area contributed by atoms with Crippen LogP contribution in [-0.4, -0.2) is 30.5 Å². The fourth-order valence-electron chi connectivity index (χ4n) is 2.93. The van der Waals surface area contributed by atoms with Gasteiger partial charge in [0.2, 0.25) is 0 Å². The average molecular weight is 348 g/mol. The molecule has 0 bridgehead atoms. The maximum absolute atomic E-state index is 12.3. The average Bonchev–Trinajstić information content (AvgIpc) is 3.30. The van der Waals surface area contributed by atoms with Crippen molar-refractivity contribution in [3.05, 3.63) is 82.8 Å². The minimum absolute atomic E-state index is 0.0286. The molecule has 1 aromatic carbocycles. The summed E-state index contributed by atoms with van der Waals surface area (Å²) >= 11 is 0. The Kier molecular flexibility index (Phi) is 4.37. The Morgan fingerprint density at radius 2 is 2.08 bits per heavy atom. The van der Waals surface area contributed by atoms with Gasteiger partial charge in [0, 0.05) is 43.8 Å². The van der Waals surface area contributed by atoms with Crippen LogP contribution in [0.4, 0.5) is 0 Å². The highest BCUT2D eigenvalue weighted by Crippen LogP contribution is 2.10. The zero-order valence-electron chi connectivity index (χ0n) is 14.5. The van der Waals surface area contributed by atoms with E-state index < -0.39 is 0 Å². The van der Waals surface area contributed by atoms with Gasteiger partial charge in [-0.3, -0.25) is 4.79 Å². The van der Waals surface area contributed by atoms with Crippen LogP contribution in [0.3, 0.4) is 0 Å². The molecule has 7 nitrogen and oxygen atoms in total. The molecule has 0 fully saturated rings. The summed E-state index contributed by atoms with van der Waals surface area (Å²) in [7, 11) is 0. The van der Waals surface area contributed by atoms with Crippen molar-refractivity contribution < 1.29 is 0 Å². The molecule has 0 aliphatic rings. The van der Waals surface area contributed by atoms with Crippen LogP contribution < -0.4 is 10.9 Å². The van der Waals surface area contributed by atoms with E-state index in [9.17, 15) is 4.79 Å². The van der Waals surface area contributed by atoms with Gasteiger partial charge in [-0.1, -0.05) is 12.1 Å². The molecular weight excluding hydrogens is 328 g/mol. The molecule has 0 unspecified atom stereocenters. The third-order valence-electron chi connectivity index (χ3n) is 4.30. The number of nitrogens with zero attached hydrogens (tertiary/aromatic N) is 5. The first kappa shape index (κ1) is 16.3. The zero-order chi connectivity index (χ0) is 17.9. The summed E-state index contributed by atoms with van der Waals surface area (Å²) in [4.78, 5) is 12.3. The molecule has 0 spiro atoms. The van der Waals surface area contributed by atoms with Crippen LogP contribution in [0.25, 0.3) is 11.2 Å². The normalized spacial score (nSPS) is 11.3. The molecule has 0 saturated heterocycles. The van der Waals surface area contributed by atoms with Crippen molar-refractivity contribution in [3.8, 4) is 5.69 Å². The Bertz CT molecular complexity index is 1090. The van der Waals surface area contributed by atoms with Crippen molar-refractivity contribution in [3.63, 3.8) is 0 Å². The summed E-state index contributed by atoms with van der Waals surface area (Å²) in [5, 5.41) is 11.8. The molecule has 0 atom stereocenters. The predicted octanol–water partition coefficient (Wildman–Crippen LogP) is 1.78. The Labute approximate surface area is 150 Å². The van der Waals surface area contributed by atoms with E-state index in [2.05, 4.69) is 34.6 Å². The fourth-order valence-corrected chi connectivity index (χ4v) is 2.93. The third kappa shape index (κ3) is 3.29. The van der Waals surface area contributed by atoms with Crippen molar-refractivity contribution in [2.75, 3.05) is 6.54 Å². The van der Waals surface area contributed by atoms with E-state index in [0.29, 0.717) is 25.2 Å². The first-order valence-corrected chi connectivity index (χ1v) is 8.55. The number of aryl methyl sites for hydroxylation is 1. The standard InChI is InChI=1S/C19H20N6O/c1-15-3-2-4-17(11-15)25-14-16(13-22-25)12-20-7-8-23-9-10-24-18(19(23)26)5-6-21-24/h2-6,9-11,13-14,20H,7-8,12H2,1H3. The first-order valence-electron chi connectivity index (χ1n) is 8.55. The van der Waals surface area contributed by atoms with E-state index in [1.807, 2.05) is 29.2 Å². The van der Waals surface area contributed by atoms with Gasteiger partial charge in [-0.15, -0.1) is 0 Å². The zero-order valence-corrected chi connectivity index (χ0v) is 14.5. The Morgan fingerprint density at radius 1 is 1.15 bits per heavy atom. The van der Waals surface area contributed by atoms with Crippen molar-refractivity contribution in [2.45, 2.75) is 20.0 Å². The van der Waals surface area contributed by atoms with E-state index in [1.54, 1.807) is 33.7 Å². The highest BCUT2D eigenvalue weighted by Gasteiger charge is 2.04. The van der Waals surface area contributed by atoms with Gasteiger partial charge in [-0.05, 0) is 30.7 Å². The number of hydrogen-bond acceptors (Lipinski definition) is 4. The van der Waals surface area contributed by atoms with Gasteiger partial charge in [0.1, 0.15) is 5.52 Å². The Hall–Kier alpha value is -3.19. The number of aromatic nitrogens is 5. The van der Waals surface area contributed by atoms with Crippen LogP contribution in [0.2, 0.25) is 0 Å². The number of rotatable bonds is 6. The van der Waals surface area contributed by atoms with Gasteiger partial charge in [-0.2, -0.15) is 10.2 Å². The van der Waals surface area contributed by atoms with Crippen molar-refractivity contribution >= 4 is 5.52 Å². The molecule has 26 heavy (non-hydrogen) atoms. The van der Waals surface area contributed by atoms with E-state index >= 15 is 0 Å². The highest BCUT2D eigenvalue weighted by atomic mass is 16.1. The monoisotopic (exact) mass is 348 g/mol. The van der Waals surface area contributed by atoms with Crippen LogP contribution in [0.5, 0.6) is 0 Å². The molecule has 0 saturated carbocycles. The van der Waals surface area contributed by atoms with Crippen LogP contribution >= 0.6 is 0 Å². The van der Waals surface area contributed by atoms with Gasteiger partial charge in [0.15, 0.2) is 0 Å². The van der Waals surface area contributed by atoms with Crippen LogP contribution in [0.1, 0.15) is 11.1 Å². The molecular formula is C19H20N6O. The van der Waals surface area contributed by atoms with Crippen LogP contribution in [0.15, 0.2) is 66.1 Å². The summed E-state index contributed by atoms with van der Waals surface area (Å²) in [6.45, 7) is 4.07. The highest BCUT2D eigenvalue weighted by molar-refractivity contribution is 5.42.